The first-order chi connectivity index (χ1) is 12.1. The standard InChI is InChI=1S/C19H19FN5/c1-14-13-15(20)6-7-16(14)25-12-10-21-19(25)24-11-4-3-5-18(24)17-8-9-22-23(17)2/h3-13,19,21H,1-2H3/q+1/t19-/m1/s1. The van der Waals surface area contributed by atoms with Crippen molar-refractivity contribution in [3.05, 3.63) is 78.6 Å². The number of nitrogens with zero attached hydrogens (tertiary/aromatic N) is 4. The molecular weight excluding hydrogens is 317 g/mol. The molecule has 0 amide bonds. The molecule has 0 aliphatic carbocycles. The fourth-order valence-electron chi connectivity index (χ4n) is 3.22. The second-order valence-corrected chi connectivity index (χ2v) is 6.03. The maximum Gasteiger partial charge on any atom is 0.317 e. The van der Waals surface area contributed by atoms with Crippen LogP contribution in [0.5, 0.6) is 0 Å². The summed E-state index contributed by atoms with van der Waals surface area (Å²) >= 11 is 0. The summed E-state index contributed by atoms with van der Waals surface area (Å²) in [5, 5.41) is 7.64. The van der Waals surface area contributed by atoms with Crippen molar-refractivity contribution < 1.29 is 8.96 Å². The topological polar surface area (TPSA) is 37.0 Å². The molecule has 0 fully saturated rings. The van der Waals surface area contributed by atoms with Crippen LogP contribution < -0.4 is 14.8 Å². The number of pyridine rings is 1. The van der Waals surface area contributed by atoms with Crippen molar-refractivity contribution in [2.45, 2.75) is 13.2 Å². The Labute approximate surface area is 145 Å². The molecule has 0 bridgehead atoms. The maximum atomic E-state index is 13.5. The lowest BCUT2D eigenvalue weighted by molar-refractivity contribution is -0.714. The molecular formula is C19H19FN5+. The van der Waals surface area contributed by atoms with Crippen LogP contribution in [0.3, 0.4) is 0 Å². The molecule has 1 atom stereocenters. The quantitative estimate of drug-likeness (QED) is 0.747. The molecule has 2 aromatic heterocycles. The number of hydrogen-bond acceptors (Lipinski definition) is 3. The molecule has 25 heavy (non-hydrogen) atoms. The number of halogens is 1. The monoisotopic (exact) mass is 336 g/mol. The smallest absolute Gasteiger partial charge is 0.314 e. The van der Waals surface area contributed by atoms with E-state index in [1.807, 2.05) is 61.5 Å². The number of benzene rings is 1. The second-order valence-electron chi connectivity index (χ2n) is 6.03. The minimum absolute atomic E-state index is 0.143. The molecule has 1 aliphatic heterocycles. The van der Waals surface area contributed by atoms with Crippen LogP contribution in [0.25, 0.3) is 11.4 Å². The summed E-state index contributed by atoms with van der Waals surface area (Å²) in [6.45, 7) is 1.92. The molecule has 3 heterocycles. The van der Waals surface area contributed by atoms with Crippen LogP contribution in [0, 0.1) is 12.7 Å². The van der Waals surface area contributed by atoms with Crippen molar-refractivity contribution in [1.82, 2.24) is 15.1 Å². The summed E-state index contributed by atoms with van der Waals surface area (Å²) in [6, 6.07) is 12.9. The molecule has 1 aliphatic rings. The van der Waals surface area contributed by atoms with Crippen LogP contribution in [-0.2, 0) is 7.05 Å². The Bertz CT molecular complexity index is 946. The Hall–Kier alpha value is -3.15. The van der Waals surface area contributed by atoms with Gasteiger partial charge in [-0.3, -0.25) is 9.58 Å². The van der Waals surface area contributed by atoms with Crippen LogP contribution >= 0.6 is 0 Å². The van der Waals surface area contributed by atoms with E-state index in [1.165, 1.54) is 6.07 Å². The average molecular weight is 336 g/mol. The minimum Gasteiger partial charge on any atom is -0.314 e. The van der Waals surface area contributed by atoms with Crippen LogP contribution in [0.1, 0.15) is 11.9 Å². The summed E-state index contributed by atoms with van der Waals surface area (Å²) in [4.78, 5) is 2.09. The first kappa shape index (κ1) is 15.4. The average Bonchev–Trinajstić information content (AvgIpc) is 3.24. The van der Waals surface area contributed by atoms with Gasteiger partial charge in [0.05, 0.1) is 5.69 Å². The highest BCUT2D eigenvalue weighted by atomic mass is 19.1. The SMILES string of the molecule is Cc1cc(F)ccc1N1C=CN[C@@H]1[n+]1ccccc1-c1ccnn1C. The van der Waals surface area contributed by atoms with Gasteiger partial charge in [0.1, 0.15) is 11.5 Å². The summed E-state index contributed by atoms with van der Waals surface area (Å²) in [5.41, 5.74) is 3.90. The van der Waals surface area contributed by atoms with Gasteiger partial charge in [-0.2, -0.15) is 9.67 Å². The van der Waals surface area contributed by atoms with E-state index in [1.54, 1.807) is 12.3 Å². The highest BCUT2D eigenvalue weighted by molar-refractivity contribution is 5.56. The van der Waals surface area contributed by atoms with Gasteiger partial charge in [-0.15, -0.1) is 0 Å². The molecule has 0 unspecified atom stereocenters. The molecule has 6 heteroatoms. The van der Waals surface area contributed by atoms with E-state index >= 15 is 0 Å². The normalized spacial score (nSPS) is 16.3. The second kappa shape index (κ2) is 6.05. The molecule has 0 spiro atoms. The number of anilines is 1. The van der Waals surface area contributed by atoms with Crippen molar-refractivity contribution in [1.29, 1.82) is 0 Å². The number of rotatable bonds is 3. The van der Waals surface area contributed by atoms with Crippen LogP contribution in [-0.4, -0.2) is 9.78 Å². The number of hydrogen-bond donors (Lipinski definition) is 1. The Morgan fingerprint density at radius 2 is 2.08 bits per heavy atom. The first-order valence-corrected chi connectivity index (χ1v) is 8.11. The molecule has 4 rings (SSSR count). The van der Waals surface area contributed by atoms with E-state index in [0.717, 1.165) is 22.6 Å². The van der Waals surface area contributed by atoms with E-state index in [2.05, 4.69) is 25.9 Å². The predicted octanol–water partition coefficient (Wildman–Crippen LogP) is 2.86. The first-order valence-electron chi connectivity index (χ1n) is 8.11. The van der Waals surface area contributed by atoms with Gasteiger partial charge in [0, 0.05) is 37.8 Å². The molecule has 0 saturated carbocycles. The highest BCUT2D eigenvalue weighted by Gasteiger charge is 2.32. The fraction of sp³-hybridized carbons (Fsp3) is 0.158. The zero-order valence-electron chi connectivity index (χ0n) is 14.1. The third kappa shape index (κ3) is 2.65. The Balaban J connectivity index is 1.79. The lowest BCUT2D eigenvalue weighted by Gasteiger charge is -2.23. The Kier molecular flexibility index (Phi) is 3.72. The largest absolute Gasteiger partial charge is 0.317 e. The zero-order chi connectivity index (χ0) is 17.4. The van der Waals surface area contributed by atoms with Gasteiger partial charge >= 0.3 is 6.29 Å². The molecule has 3 aromatic rings. The Morgan fingerprint density at radius 3 is 2.84 bits per heavy atom. The third-order valence-electron chi connectivity index (χ3n) is 4.42. The van der Waals surface area contributed by atoms with Crippen molar-refractivity contribution in [2.75, 3.05) is 4.90 Å². The molecule has 5 nitrogen and oxygen atoms in total. The van der Waals surface area contributed by atoms with E-state index < -0.39 is 0 Å². The number of nitrogens with one attached hydrogen (secondary N) is 1. The van der Waals surface area contributed by atoms with Crippen LogP contribution in [0.4, 0.5) is 10.1 Å². The minimum atomic E-state index is -0.225. The maximum absolute atomic E-state index is 13.5. The lowest BCUT2D eigenvalue weighted by Crippen LogP contribution is -2.53. The molecule has 0 radical (unpaired) electrons. The van der Waals surface area contributed by atoms with Crippen LogP contribution in [0.15, 0.2) is 67.3 Å². The van der Waals surface area contributed by atoms with Gasteiger partial charge in [0.2, 0.25) is 5.69 Å². The lowest BCUT2D eigenvalue weighted by atomic mass is 10.2. The van der Waals surface area contributed by atoms with Gasteiger partial charge in [-0.25, -0.2) is 4.39 Å². The molecule has 126 valence electrons. The van der Waals surface area contributed by atoms with Gasteiger partial charge in [0.25, 0.3) is 0 Å². The Morgan fingerprint density at radius 1 is 1.20 bits per heavy atom. The van der Waals surface area contributed by atoms with Gasteiger partial charge in [0.15, 0.2) is 6.20 Å². The molecule has 1 aromatic carbocycles. The third-order valence-corrected chi connectivity index (χ3v) is 4.42. The number of aromatic nitrogens is 3. The number of aryl methyl sites for hydroxylation is 2. The summed E-state index contributed by atoms with van der Waals surface area (Å²) in [6.07, 6.45) is 7.54. The highest BCUT2D eigenvalue weighted by Crippen LogP contribution is 2.27. The van der Waals surface area contributed by atoms with E-state index in [4.69, 9.17) is 0 Å². The van der Waals surface area contributed by atoms with Gasteiger partial charge < -0.3 is 5.32 Å². The van der Waals surface area contributed by atoms with Crippen molar-refractivity contribution in [3.8, 4) is 11.4 Å². The molecule has 0 saturated heterocycles. The molecule has 1 N–H and O–H groups in total. The summed E-state index contributed by atoms with van der Waals surface area (Å²) < 4.78 is 17.5. The van der Waals surface area contributed by atoms with Crippen molar-refractivity contribution in [2.24, 2.45) is 7.05 Å². The predicted molar refractivity (Wildman–Crippen MR) is 93.8 cm³/mol. The van der Waals surface area contributed by atoms with E-state index in [0.29, 0.717) is 0 Å². The van der Waals surface area contributed by atoms with Crippen molar-refractivity contribution in [3.63, 3.8) is 0 Å². The van der Waals surface area contributed by atoms with E-state index in [-0.39, 0.29) is 12.1 Å². The zero-order valence-corrected chi connectivity index (χ0v) is 14.1. The summed E-state index contributed by atoms with van der Waals surface area (Å²) in [5.74, 6) is -0.225. The summed E-state index contributed by atoms with van der Waals surface area (Å²) in [7, 11) is 1.93. The van der Waals surface area contributed by atoms with Gasteiger partial charge in [-0.05, 0) is 42.8 Å². The van der Waals surface area contributed by atoms with Gasteiger partial charge in [-0.1, -0.05) is 0 Å². The fourth-order valence-corrected chi connectivity index (χ4v) is 3.22. The van der Waals surface area contributed by atoms with Crippen molar-refractivity contribution >= 4 is 5.69 Å². The van der Waals surface area contributed by atoms with E-state index in [9.17, 15) is 4.39 Å². The van der Waals surface area contributed by atoms with Crippen LogP contribution in [0.2, 0.25) is 0 Å².